The van der Waals surface area contributed by atoms with Crippen LogP contribution in [0.5, 0.6) is 0 Å². The van der Waals surface area contributed by atoms with Crippen LogP contribution in [0, 0.1) is 11.3 Å². The van der Waals surface area contributed by atoms with Crippen molar-refractivity contribution in [2.75, 3.05) is 13.1 Å². The molecule has 0 spiro atoms. The van der Waals surface area contributed by atoms with E-state index in [-0.39, 0.29) is 5.91 Å². The number of carbonyl (C=O) groups is 1. The predicted molar refractivity (Wildman–Crippen MR) is 86.4 cm³/mol. The van der Waals surface area contributed by atoms with Gasteiger partial charge in [0.15, 0.2) is 0 Å². The first-order valence-electron chi connectivity index (χ1n) is 7.82. The molecule has 3 nitrogen and oxygen atoms in total. The molecule has 2 aromatic rings. The molecule has 1 N–H and O–H groups in total. The lowest BCUT2D eigenvalue weighted by Gasteiger charge is -2.38. The van der Waals surface area contributed by atoms with Gasteiger partial charge in [0.25, 0.3) is 5.91 Å². The number of likely N-dealkylation sites (tertiary alicyclic amines) is 1. The van der Waals surface area contributed by atoms with E-state index in [1.54, 1.807) is 0 Å². The number of amides is 1. The normalized spacial score (nSPS) is 17.4. The monoisotopic (exact) mass is 284 g/mol. The Kier molecular flexibility index (Phi) is 3.52. The number of H-pyrrole nitrogens is 1. The number of para-hydroxylation sites is 1. The van der Waals surface area contributed by atoms with Crippen LogP contribution in [0.4, 0.5) is 0 Å². The number of rotatable bonds is 1. The molecule has 1 amide bonds. The van der Waals surface area contributed by atoms with Crippen molar-refractivity contribution in [2.45, 2.75) is 33.6 Å². The third kappa shape index (κ3) is 2.69. The molecule has 2 heterocycles. The zero-order valence-electron chi connectivity index (χ0n) is 13.1. The Balaban J connectivity index is 1.75. The molecule has 1 aromatic heterocycles. The summed E-state index contributed by atoms with van der Waals surface area (Å²) < 4.78 is 0. The third-order valence-electron chi connectivity index (χ3n) is 4.83. The SMILES string of the molecule is CC(C)(C)C1CCN(C(=O)c2c[nH]c3ccccc23)CC1. The quantitative estimate of drug-likeness (QED) is 0.842. The molecule has 1 saturated heterocycles. The lowest BCUT2D eigenvalue weighted by molar-refractivity contribution is 0.0610. The molecule has 21 heavy (non-hydrogen) atoms. The van der Waals surface area contributed by atoms with Crippen LogP contribution in [-0.4, -0.2) is 28.9 Å². The number of hydrogen-bond acceptors (Lipinski definition) is 1. The van der Waals surface area contributed by atoms with Crippen LogP contribution in [-0.2, 0) is 0 Å². The van der Waals surface area contributed by atoms with Gasteiger partial charge < -0.3 is 9.88 Å². The lowest BCUT2D eigenvalue weighted by atomic mass is 9.75. The van der Waals surface area contributed by atoms with Crippen LogP contribution < -0.4 is 0 Å². The van der Waals surface area contributed by atoms with Gasteiger partial charge in [-0.25, -0.2) is 0 Å². The number of fused-ring (bicyclic) bond motifs is 1. The van der Waals surface area contributed by atoms with Crippen molar-refractivity contribution < 1.29 is 4.79 Å². The second kappa shape index (κ2) is 5.21. The van der Waals surface area contributed by atoms with Crippen LogP contribution in [0.25, 0.3) is 10.9 Å². The summed E-state index contributed by atoms with van der Waals surface area (Å²) in [6.45, 7) is 8.65. The minimum Gasteiger partial charge on any atom is -0.360 e. The first kappa shape index (κ1) is 14.2. The van der Waals surface area contributed by atoms with E-state index in [2.05, 4.69) is 25.8 Å². The molecular formula is C18H24N2O. The molecule has 1 aromatic carbocycles. The Labute approximate surface area is 126 Å². The highest BCUT2D eigenvalue weighted by molar-refractivity contribution is 6.06. The largest absolute Gasteiger partial charge is 0.360 e. The average Bonchev–Trinajstić information content (AvgIpc) is 2.90. The Morgan fingerprint density at radius 3 is 2.52 bits per heavy atom. The van der Waals surface area contributed by atoms with Crippen molar-refractivity contribution in [3.8, 4) is 0 Å². The minimum atomic E-state index is 0.166. The van der Waals surface area contributed by atoms with Crippen LogP contribution >= 0.6 is 0 Å². The van der Waals surface area contributed by atoms with E-state index in [4.69, 9.17) is 0 Å². The molecule has 1 aliphatic rings. The lowest BCUT2D eigenvalue weighted by Crippen LogP contribution is -2.41. The van der Waals surface area contributed by atoms with Crippen molar-refractivity contribution in [1.82, 2.24) is 9.88 Å². The average molecular weight is 284 g/mol. The number of hydrogen-bond donors (Lipinski definition) is 1. The molecule has 0 atom stereocenters. The summed E-state index contributed by atoms with van der Waals surface area (Å²) in [6, 6.07) is 8.00. The highest BCUT2D eigenvalue weighted by Gasteiger charge is 2.31. The summed E-state index contributed by atoms with van der Waals surface area (Å²) in [4.78, 5) is 17.9. The maximum absolute atomic E-state index is 12.7. The highest BCUT2D eigenvalue weighted by atomic mass is 16.2. The van der Waals surface area contributed by atoms with Gasteiger partial charge in [-0.15, -0.1) is 0 Å². The molecule has 0 radical (unpaired) electrons. The maximum atomic E-state index is 12.7. The number of nitrogens with zero attached hydrogens (tertiary/aromatic N) is 1. The van der Waals surface area contributed by atoms with Crippen molar-refractivity contribution in [3.05, 3.63) is 36.0 Å². The molecule has 0 aliphatic carbocycles. The highest BCUT2D eigenvalue weighted by Crippen LogP contribution is 2.34. The molecule has 3 heteroatoms. The van der Waals surface area contributed by atoms with E-state index in [0.717, 1.165) is 42.4 Å². The second-order valence-corrected chi connectivity index (χ2v) is 7.18. The van der Waals surface area contributed by atoms with Crippen LogP contribution in [0.1, 0.15) is 44.0 Å². The standard InChI is InChI=1S/C18H24N2O/c1-18(2,3)13-8-10-20(11-9-13)17(21)15-12-19-16-7-5-4-6-14(15)16/h4-7,12-13,19H,8-11H2,1-3H3. The fourth-order valence-electron chi connectivity index (χ4n) is 3.37. The molecular weight excluding hydrogens is 260 g/mol. The van der Waals surface area contributed by atoms with E-state index in [9.17, 15) is 4.79 Å². The third-order valence-corrected chi connectivity index (χ3v) is 4.83. The van der Waals surface area contributed by atoms with Gasteiger partial charge in [0.05, 0.1) is 5.56 Å². The molecule has 1 aliphatic heterocycles. The van der Waals surface area contributed by atoms with Gasteiger partial charge in [0, 0.05) is 30.2 Å². The summed E-state index contributed by atoms with van der Waals surface area (Å²) in [6.07, 6.45) is 4.07. The first-order valence-corrected chi connectivity index (χ1v) is 7.82. The molecule has 112 valence electrons. The van der Waals surface area contributed by atoms with Crippen molar-refractivity contribution >= 4 is 16.8 Å². The zero-order chi connectivity index (χ0) is 15.0. The smallest absolute Gasteiger partial charge is 0.256 e. The Morgan fingerprint density at radius 1 is 1.19 bits per heavy atom. The van der Waals surface area contributed by atoms with Crippen molar-refractivity contribution in [2.24, 2.45) is 11.3 Å². The Morgan fingerprint density at radius 2 is 1.86 bits per heavy atom. The fourth-order valence-corrected chi connectivity index (χ4v) is 3.37. The van der Waals surface area contributed by atoms with Gasteiger partial charge in [-0.1, -0.05) is 39.0 Å². The summed E-state index contributed by atoms with van der Waals surface area (Å²) in [5, 5.41) is 1.03. The Bertz CT molecular complexity index is 643. The van der Waals surface area contributed by atoms with Gasteiger partial charge in [-0.3, -0.25) is 4.79 Å². The topological polar surface area (TPSA) is 36.1 Å². The number of benzene rings is 1. The maximum Gasteiger partial charge on any atom is 0.256 e. The summed E-state index contributed by atoms with van der Waals surface area (Å²) in [5.41, 5.74) is 2.18. The van der Waals surface area contributed by atoms with Gasteiger partial charge in [0.2, 0.25) is 0 Å². The number of aromatic amines is 1. The summed E-state index contributed by atoms with van der Waals surface area (Å²) in [7, 11) is 0. The second-order valence-electron chi connectivity index (χ2n) is 7.18. The van der Waals surface area contributed by atoms with E-state index in [1.165, 1.54) is 0 Å². The van der Waals surface area contributed by atoms with Gasteiger partial charge in [-0.05, 0) is 30.2 Å². The number of aromatic nitrogens is 1. The van der Waals surface area contributed by atoms with E-state index in [1.807, 2.05) is 35.4 Å². The van der Waals surface area contributed by atoms with Crippen LogP contribution in [0.2, 0.25) is 0 Å². The van der Waals surface area contributed by atoms with Gasteiger partial charge in [-0.2, -0.15) is 0 Å². The molecule has 3 rings (SSSR count). The van der Waals surface area contributed by atoms with Crippen molar-refractivity contribution in [1.29, 1.82) is 0 Å². The van der Waals surface area contributed by atoms with E-state index >= 15 is 0 Å². The van der Waals surface area contributed by atoms with E-state index in [0.29, 0.717) is 11.3 Å². The minimum absolute atomic E-state index is 0.166. The summed E-state index contributed by atoms with van der Waals surface area (Å²) >= 11 is 0. The number of piperidine rings is 1. The van der Waals surface area contributed by atoms with Gasteiger partial charge in [0.1, 0.15) is 0 Å². The Hall–Kier alpha value is -1.77. The number of nitrogens with one attached hydrogen (secondary N) is 1. The van der Waals surface area contributed by atoms with Gasteiger partial charge >= 0.3 is 0 Å². The molecule has 1 fully saturated rings. The zero-order valence-corrected chi connectivity index (χ0v) is 13.1. The molecule has 0 bridgehead atoms. The van der Waals surface area contributed by atoms with Crippen LogP contribution in [0.3, 0.4) is 0 Å². The van der Waals surface area contributed by atoms with E-state index < -0.39 is 0 Å². The summed E-state index contributed by atoms with van der Waals surface area (Å²) in [5.74, 6) is 0.879. The van der Waals surface area contributed by atoms with Crippen LogP contribution in [0.15, 0.2) is 30.5 Å². The molecule has 0 saturated carbocycles. The fraction of sp³-hybridized carbons (Fsp3) is 0.500. The predicted octanol–water partition coefficient (Wildman–Crippen LogP) is 4.07. The molecule has 0 unspecified atom stereocenters. The van der Waals surface area contributed by atoms with Crippen molar-refractivity contribution in [3.63, 3.8) is 0 Å². The first-order chi connectivity index (χ1) is 9.97. The number of carbonyl (C=O) groups excluding carboxylic acids is 1.